The monoisotopic (exact) mass is 396 g/mol. The van der Waals surface area contributed by atoms with E-state index in [1.54, 1.807) is 17.0 Å². The molecular weight excluding hydrogens is 368 g/mol. The maximum Gasteiger partial charge on any atom is 0.260 e. The molecule has 0 bridgehead atoms. The van der Waals surface area contributed by atoms with Gasteiger partial charge in [0.1, 0.15) is 11.5 Å². The van der Waals surface area contributed by atoms with E-state index in [1.807, 2.05) is 55.1 Å². The van der Waals surface area contributed by atoms with E-state index in [0.717, 1.165) is 17.7 Å². The van der Waals surface area contributed by atoms with Crippen LogP contribution in [0.4, 0.5) is 0 Å². The van der Waals surface area contributed by atoms with Crippen LogP contribution in [0.15, 0.2) is 48.5 Å². The molecule has 2 aromatic rings. The van der Waals surface area contributed by atoms with Crippen molar-refractivity contribution in [1.29, 1.82) is 0 Å². The van der Waals surface area contributed by atoms with E-state index < -0.39 is 0 Å². The molecule has 6 nitrogen and oxygen atoms in total. The summed E-state index contributed by atoms with van der Waals surface area (Å²) in [6, 6.07) is 14.8. The fourth-order valence-electron chi connectivity index (χ4n) is 3.28. The Morgan fingerprint density at radius 1 is 0.828 bits per heavy atom. The number of hydrogen-bond acceptors (Lipinski definition) is 4. The summed E-state index contributed by atoms with van der Waals surface area (Å²) < 4.78 is 11.0. The second-order valence-electron chi connectivity index (χ2n) is 7.09. The molecule has 1 fully saturated rings. The zero-order valence-corrected chi connectivity index (χ0v) is 17.1. The highest BCUT2D eigenvalue weighted by atomic mass is 16.5. The highest BCUT2D eigenvalue weighted by Gasteiger charge is 2.23. The third-order valence-corrected chi connectivity index (χ3v) is 4.93. The molecule has 0 aliphatic carbocycles. The first-order chi connectivity index (χ1) is 14.1. The quantitative estimate of drug-likeness (QED) is 0.753. The average molecular weight is 396 g/mol. The molecule has 2 aromatic carbocycles. The van der Waals surface area contributed by atoms with Crippen molar-refractivity contribution >= 4 is 11.8 Å². The van der Waals surface area contributed by atoms with Crippen molar-refractivity contribution in [2.24, 2.45) is 0 Å². The van der Waals surface area contributed by atoms with Gasteiger partial charge in [0.05, 0.1) is 6.61 Å². The summed E-state index contributed by atoms with van der Waals surface area (Å²) >= 11 is 0. The van der Waals surface area contributed by atoms with Gasteiger partial charge in [0.15, 0.2) is 6.61 Å². The molecule has 2 amide bonds. The van der Waals surface area contributed by atoms with Crippen molar-refractivity contribution in [2.75, 3.05) is 39.4 Å². The Bertz CT molecular complexity index is 818. The molecule has 1 heterocycles. The van der Waals surface area contributed by atoms with Crippen LogP contribution in [0.3, 0.4) is 0 Å². The van der Waals surface area contributed by atoms with Gasteiger partial charge < -0.3 is 19.3 Å². The minimum atomic E-state index is -0.0547. The lowest BCUT2D eigenvalue weighted by Gasteiger charge is -2.22. The normalized spacial score (nSPS) is 14.3. The van der Waals surface area contributed by atoms with Gasteiger partial charge in [0, 0.05) is 31.7 Å². The van der Waals surface area contributed by atoms with Crippen LogP contribution in [-0.2, 0) is 4.79 Å². The summed E-state index contributed by atoms with van der Waals surface area (Å²) in [5.74, 6) is 1.37. The lowest BCUT2D eigenvalue weighted by Crippen LogP contribution is -2.39. The van der Waals surface area contributed by atoms with Gasteiger partial charge in [0.2, 0.25) is 0 Å². The summed E-state index contributed by atoms with van der Waals surface area (Å²) in [5, 5.41) is 0. The third-order valence-electron chi connectivity index (χ3n) is 4.93. The maximum atomic E-state index is 12.8. The van der Waals surface area contributed by atoms with E-state index in [2.05, 4.69) is 0 Å². The van der Waals surface area contributed by atoms with Crippen molar-refractivity contribution in [3.8, 4) is 11.5 Å². The Kier molecular flexibility index (Phi) is 7.11. The Balaban J connectivity index is 1.51. The molecule has 0 atom stereocenters. The zero-order chi connectivity index (χ0) is 20.6. The largest absolute Gasteiger partial charge is 0.494 e. The van der Waals surface area contributed by atoms with Crippen molar-refractivity contribution in [3.63, 3.8) is 0 Å². The van der Waals surface area contributed by atoms with Crippen LogP contribution < -0.4 is 9.47 Å². The summed E-state index contributed by atoms with van der Waals surface area (Å²) in [6.07, 6.45) is 0.749. The highest BCUT2D eigenvalue weighted by molar-refractivity contribution is 5.94. The summed E-state index contributed by atoms with van der Waals surface area (Å²) in [6.45, 7) is 6.83. The first kappa shape index (κ1) is 20.7. The fraction of sp³-hybridized carbons (Fsp3) is 0.391. The van der Waals surface area contributed by atoms with Gasteiger partial charge in [0.25, 0.3) is 11.8 Å². The number of amides is 2. The molecule has 1 saturated heterocycles. The molecule has 1 aliphatic heterocycles. The molecule has 3 rings (SSSR count). The number of benzene rings is 2. The molecule has 29 heavy (non-hydrogen) atoms. The number of hydrogen-bond donors (Lipinski definition) is 0. The van der Waals surface area contributed by atoms with E-state index >= 15 is 0 Å². The molecule has 6 heteroatoms. The molecule has 0 saturated carbocycles. The minimum Gasteiger partial charge on any atom is -0.494 e. The Morgan fingerprint density at radius 3 is 2.10 bits per heavy atom. The second-order valence-corrected chi connectivity index (χ2v) is 7.09. The maximum absolute atomic E-state index is 12.8. The number of carbonyl (C=O) groups is 2. The molecule has 0 N–H and O–H groups in total. The summed E-state index contributed by atoms with van der Waals surface area (Å²) in [4.78, 5) is 28.9. The Hall–Kier alpha value is -3.02. The number of ether oxygens (including phenoxy) is 2. The van der Waals surface area contributed by atoms with Crippen molar-refractivity contribution in [3.05, 3.63) is 59.7 Å². The van der Waals surface area contributed by atoms with Gasteiger partial charge in [-0.2, -0.15) is 0 Å². The minimum absolute atomic E-state index is 0.00982. The predicted molar refractivity (Wildman–Crippen MR) is 111 cm³/mol. The zero-order valence-electron chi connectivity index (χ0n) is 17.1. The molecule has 0 aromatic heterocycles. The van der Waals surface area contributed by atoms with Crippen LogP contribution in [0.2, 0.25) is 0 Å². The molecule has 0 spiro atoms. The molecular formula is C23H28N2O4. The van der Waals surface area contributed by atoms with Crippen LogP contribution in [0.5, 0.6) is 11.5 Å². The molecule has 0 radical (unpaired) electrons. The van der Waals surface area contributed by atoms with E-state index in [9.17, 15) is 9.59 Å². The first-order valence-corrected chi connectivity index (χ1v) is 10.1. The van der Waals surface area contributed by atoms with Crippen LogP contribution in [0.25, 0.3) is 0 Å². The topological polar surface area (TPSA) is 59.1 Å². The van der Waals surface area contributed by atoms with Gasteiger partial charge in [-0.3, -0.25) is 9.59 Å². The number of carbonyl (C=O) groups excluding carboxylic acids is 2. The lowest BCUT2D eigenvalue weighted by atomic mass is 10.2. The van der Waals surface area contributed by atoms with E-state index in [1.165, 1.54) is 0 Å². The Morgan fingerprint density at radius 2 is 1.41 bits per heavy atom. The number of nitrogens with zero attached hydrogens (tertiary/aromatic N) is 2. The predicted octanol–water partition coefficient (Wildman–Crippen LogP) is 3.15. The standard InChI is InChI=1S/C23H28N2O4/c1-3-28-20-11-7-19(8-12-20)23(27)25-14-4-13-24(15-16-25)22(26)17-29-21-9-5-18(2)6-10-21/h5-12H,3-4,13-17H2,1-2H3. The van der Waals surface area contributed by atoms with Crippen LogP contribution in [0.1, 0.15) is 29.3 Å². The summed E-state index contributed by atoms with van der Waals surface area (Å²) in [5.41, 5.74) is 1.78. The van der Waals surface area contributed by atoms with Crippen LogP contribution in [-0.4, -0.2) is 61.0 Å². The second kappa shape index (κ2) is 9.96. The average Bonchev–Trinajstić information content (AvgIpc) is 3.00. The van der Waals surface area contributed by atoms with Crippen molar-refractivity contribution in [1.82, 2.24) is 9.80 Å². The number of aryl methyl sites for hydroxylation is 1. The summed E-state index contributed by atoms with van der Waals surface area (Å²) in [7, 11) is 0. The molecule has 1 aliphatic rings. The smallest absolute Gasteiger partial charge is 0.260 e. The van der Waals surface area contributed by atoms with Crippen LogP contribution >= 0.6 is 0 Å². The van der Waals surface area contributed by atoms with Gasteiger partial charge in [-0.1, -0.05) is 17.7 Å². The van der Waals surface area contributed by atoms with E-state index in [0.29, 0.717) is 44.1 Å². The number of rotatable bonds is 6. The molecule has 154 valence electrons. The highest BCUT2D eigenvalue weighted by Crippen LogP contribution is 2.16. The van der Waals surface area contributed by atoms with Gasteiger partial charge in [-0.05, 0) is 56.7 Å². The van der Waals surface area contributed by atoms with Crippen molar-refractivity contribution < 1.29 is 19.1 Å². The van der Waals surface area contributed by atoms with Gasteiger partial charge in [-0.15, -0.1) is 0 Å². The Labute approximate surface area is 172 Å². The molecule has 0 unspecified atom stereocenters. The first-order valence-electron chi connectivity index (χ1n) is 10.1. The van der Waals surface area contributed by atoms with E-state index in [4.69, 9.17) is 9.47 Å². The fourth-order valence-corrected chi connectivity index (χ4v) is 3.28. The third kappa shape index (κ3) is 5.73. The van der Waals surface area contributed by atoms with Crippen molar-refractivity contribution in [2.45, 2.75) is 20.3 Å². The van der Waals surface area contributed by atoms with Gasteiger partial charge >= 0.3 is 0 Å². The van der Waals surface area contributed by atoms with E-state index in [-0.39, 0.29) is 18.4 Å². The van der Waals surface area contributed by atoms with Gasteiger partial charge in [-0.25, -0.2) is 0 Å². The lowest BCUT2D eigenvalue weighted by molar-refractivity contribution is -0.133. The van der Waals surface area contributed by atoms with Crippen LogP contribution in [0, 0.1) is 6.92 Å². The SMILES string of the molecule is CCOc1ccc(C(=O)N2CCCN(C(=O)COc3ccc(C)cc3)CC2)cc1.